The molecule has 0 saturated carbocycles. The van der Waals surface area contributed by atoms with E-state index in [0.717, 1.165) is 16.4 Å². The molecule has 0 aliphatic carbocycles. The smallest absolute Gasteiger partial charge is 0.225 e. The molecule has 3 heterocycles. The molecule has 1 aliphatic heterocycles. The Labute approximate surface area is 150 Å². The zero-order chi connectivity index (χ0) is 17.8. The van der Waals surface area contributed by atoms with E-state index in [9.17, 15) is 9.59 Å². The molecule has 2 amide bonds. The monoisotopic (exact) mass is 359 g/mol. The Morgan fingerprint density at radius 1 is 1.40 bits per heavy atom. The fourth-order valence-electron chi connectivity index (χ4n) is 2.91. The molecule has 7 nitrogen and oxygen atoms in total. The minimum absolute atomic E-state index is 0.0159. The second-order valence-electron chi connectivity index (χ2n) is 6.04. The zero-order valence-electron chi connectivity index (χ0n) is 14.3. The first-order valence-electron chi connectivity index (χ1n) is 8.07. The van der Waals surface area contributed by atoms with Crippen LogP contribution in [-0.2, 0) is 29.7 Å². The number of nitrogens with zero attached hydrogens (tertiary/aromatic N) is 4. The summed E-state index contributed by atoms with van der Waals surface area (Å²) in [6.45, 7) is 1.39. The first-order chi connectivity index (χ1) is 12.1. The molecule has 8 heteroatoms. The summed E-state index contributed by atoms with van der Waals surface area (Å²) < 4.78 is 1.96. The second-order valence-corrected chi connectivity index (χ2v) is 6.82. The number of thioether (sulfide) groups is 1. The third-order valence-electron chi connectivity index (χ3n) is 4.38. The highest BCUT2D eigenvalue weighted by Crippen LogP contribution is 2.20. The van der Waals surface area contributed by atoms with Crippen molar-refractivity contribution in [1.29, 1.82) is 0 Å². The predicted octanol–water partition coefficient (Wildman–Crippen LogP) is 1.20. The van der Waals surface area contributed by atoms with Crippen LogP contribution in [0.2, 0.25) is 0 Å². The largest absolute Gasteiger partial charge is 0.350 e. The Morgan fingerprint density at radius 2 is 2.16 bits per heavy atom. The van der Waals surface area contributed by atoms with Crippen molar-refractivity contribution in [3.8, 4) is 0 Å². The molecule has 2 aromatic rings. The third kappa shape index (κ3) is 4.01. The molecule has 1 atom stereocenters. The number of pyridine rings is 1. The highest BCUT2D eigenvalue weighted by atomic mass is 32.2. The van der Waals surface area contributed by atoms with E-state index in [0.29, 0.717) is 19.6 Å². The number of hydrogen-bond acceptors (Lipinski definition) is 5. The van der Waals surface area contributed by atoms with Crippen molar-refractivity contribution in [1.82, 2.24) is 24.8 Å². The van der Waals surface area contributed by atoms with Gasteiger partial charge in [-0.1, -0.05) is 11.8 Å². The van der Waals surface area contributed by atoms with Crippen LogP contribution in [-0.4, -0.2) is 44.0 Å². The molecule has 1 fully saturated rings. The number of carbonyl (C=O) groups excluding carboxylic acids is 2. The van der Waals surface area contributed by atoms with Crippen molar-refractivity contribution in [3.63, 3.8) is 0 Å². The number of hydrogen-bond donors (Lipinski definition) is 1. The van der Waals surface area contributed by atoms with E-state index in [1.807, 2.05) is 30.0 Å². The lowest BCUT2D eigenvalue weighted by Gasteiger charge is -2.16. The van der Waals surface area contributed by atoms with Gasteiger partial charge in [0.25, 0.3) is 0 Å². The molecule has 132 valence electrons. The fraction of sp³-hybridized carbons (Fsp3) is 0.412. The molecule has 0 aromatic carbocycles. The van der Waals surface area contributed by atoms with Crippen molar-refractivity contribution >= 4 is 23.6 Å². The van der Waals surface area contributed by atoms with Crippen LogP contribution in [0.5, 0.6) is 0 Å². The maximum atomic E-state index is 12.4. The quantitative estimate of drug-likeness (QED) is 0.784. The van der Waals surface area contributed by atoms with Crippen molar-refractivity contribution in [3.05, 3.63) is 42.0 Å². The van der Waals surface area contributed by atoms with Gasteiger partial charge in [0.2, 0.25) is 11.8 Å². The van der Waals surface area contributed by atoms with Crippen molar-refractivity contribution in [2.24, 2.45) is 13.0 Å². The Balaban J connectivity index is 1.54. The van der Waals surface area contributed by atoms with Crippen LogP contribution in [0, 0.1) is 5.92 Å². The van der Waals surface area contributed by atoms with Crippen LogP contribution in [0.1, 0.15) is 17.7 Å². The summed E-state index contributed by atoms with van der Waals surface area (Å²) >= 11 is 1.56. The summed E-state index contributed by atoms with van der Waals surface area (Å²) in [5, 5.41) is 3.83. The molecule has 25 heavy (non-hydrogen) atoms. The van der Waals surface area contributed by atoms with E-state index in [1.54, 1.807) is 35.3 Å². The Bertz CT molecular complexity index is 762. The maximum Gasteiger partial charge on any atom is 0.225 e. The van der Waals surface area contributed by atoms with E-state index in [4.69, 9.17) is 0 Å². The van der Waals surface area contributed by atoms with Crippen molar-refractivity contribution < 1.29 is 9.59 Å². The normalized spacial score (nSPS) is 17.1. The van der Waals surface area contributed by atoms with Gasteiger partial charge >= 0.3 is 0 Å². The highest BCUT2D eigenvalue weighted by Gasteiger charge is 2.34. The maximum absolute atomic E-state index is 12.4. The van der Waals surface area contributed by atoms with Crippen LogP contribution in [0.25, 0.3) is 0 Å². The highest BCUT2D eigenvalue weighted by molar-refractivity contribution is 7.98. The Morgan fingerprint density at radius 3 is 2.84 bits per heavy atom. The summed E-state index contributed by atoms with van der Waals surface area (Å²) in [4.78, 5) is 34.6. The van der Waals surface area contributed by atoms with Gasteiger partial charge in [-0.3, -0.25) is 14.6 Å². The number of aromatic nitrogens is 3. The van der Waals surface area contributed by atoms with E-state index in [2.05, 4.69) is 15.3 Å². The summed E-state index contributed by atoms with van der Waals surface area (Å²) in [5.41, 5.74) is 1.96. The number of amides is 2. The van der Waals surface area contributed by atoms with Gasteiger partial charge in [-0.25, -0.2) is 4.98 Å². The fourth-order valence-corrected chi connectivity index (χ4v) is 3.46. The van der Waals surface area contributed by atoms with Gasteiger partial charge in [0.15, 0.2) is 5.16 Å². The van der Waals surface area contributed by atoms with E-state index >= 15 is 0 Å². The zero-order valence-corrected chi connectivity index (χ0v) is 15.1. The SMILES string of the molecule is CSc1ncc(CNC(=O)C2CC(=O)N(Cc3ccncc3)C2)n1C. The molecule has 1 N–H and O–H groups in total. The molecule has 0 radical (unpaired) electrons. The van der Waals surface area contributed by atoms with Gasteiger partial charge in [-0.2, -0.15) is 0 Å². The first kappa shape index (κ1) is 17.5. The van der Waals surface area contributed by atoms with E-state index < -0.39 is 0 Å². The summed E-state index contributed by atoms with van der Waals surface area (Å²) in [5.74, 6) is -0.373. The standard InChI is InChI=1S/C17H21N5O2S/c1-21-14(9-20-17(21)25-2)8-19-16(24)13-7-15(23)22(11-13)10-12-3-5-18-6-4-12/h3-6,9,13H,7-8,10-11H2,1-2H3,(H,19,24). The Hall–Kier alpha value is -2.35. The second kappa shape index (κ2) is 7.69. The first-order valence-corrected chi connectivity index (χ1v) is 9.30. The van der Waals surface area contributed by atoms with Gasteiger partial charge in [-0.05, 0) is 24.0 Å². The Kier molecular flexibility index (Phi) is 5.37. The molecule has 1 saturated heterocycles. The van der Waals surface area contributed by atoms with Gasteiger partial charge in [-0.15, -0.1) is 0 Å². The molecule has 3 rings (SSSR count). The third-order valence-corrected chi connectivity index (χ3v) is 5.12. The molecule has 0 spiro atoms. The van der Waals surface area contributed by atoms with E-state index in [-0.39, 0.29) is 24.2 Å². The van der Waals surface area contributed by atoms with Gasteiger partial charge in [0.1, 0.15) is 0 Å². The van der Waals surface area contributed by atoms with E-state index in [1.165, 1.54) is 0 Å². The molecule has 1 unspecified atom stereocenters. The average molecular weight is 359 g/mol. The predicted molar refractivity (Wildman–Crippen MR) is 94.6 cm³/mol. The molecular formula is C17H21N5O2S. The van der Waals surface area contributed by atoms with Gasteiger partial charge in [0.05, 0.1) is 24.4 Å². The number of carbonyl (C=O) groups is 2. The van der Waals surface area contributed by atoms with Gasteiger partial charge in [0, 0.05) is 39.0 Å². The molecule has 2 aromatic heterocycles. The minimum atomic E-state index is -0.303. The van der Waals surface area contributed by atoms with Crippen LogP contribution in [0.15, 0.2) is 35.9 Å². The van der Waals surface area contributed by atoms with Crippen LogP contribution in [0.3, 0.4) is 0 Å². The molecule has 0 bridgehead atoms. The topological polar surface area (TPSA) is 80.1 Å². The van der Waals surface area contributed by atoms with Crippen LogP contribution < -0.4 is 5.32 Å². The summed E-state index contributed by atoms with van der Waals surface area (Å²) in [6, 6.07) is 3.76. The average Bonchev–Trinajstić information content (AvgIpc) is 3.16. The lowest BCUT2D eigenvalue weighted by atomic mass is 10.1. The summed E-state index contributed by atoms with van der Waals surface area (Å²) in [6.07, 6.45) is 7.40. The number of nitrogens with one attached hydrogen (secondary N) is 1. The lowest BCUT2D eigenvalue weighted by Crippen LogP contribution is -2.33. The van der Waals surface area contributed by atoms with Crippen LogP contribution >= 0.6 is 11.8 Å². The van der Waals surface area contributed by atoms with Gasteiger partial charge < -0.3 is 14.8 Å². The summed E-state index contributed by atoms with van der Waals surface area (Å²) in [7, 11) is 1.93. The lowest BCUT2D eigenvalue weighted by molar-refractivity contribution is -0.129. The molecule has 1 aliphatic rings. The molecular weight excluding hydrogens is 338 g/mol. The minimum Gasteiger partial charge on any atom is -0.350 e. The van der Waals surface area contributed by atoms with Crippen LogP contribution in [0.4, 0.5) is 0 Å². The number of imidazole rings is 1. The number of rotatable bonds is 6. The number of likely N-dealkylation sites (tertiary alicyclic amines) is 1. The van der Waals surface area contributed by atoms with Crippen molar-refractivity contribution in [2.45, 2.75) is 24.7 Å². The van der Waals surface area contributed by atoms with Crippen molar-refractivity contribution in [2.75, 3.05) is 12.8 Å².